The normalized spacial score (nSPS) is 9.35. The molecule has 0 aliphatic rings. The van der Waals surface area contributed by atoms with Crippen molar-refractivity contribution in [2.75, 3.05) is 0 Å². The second kappa shape index (κ2) is 8.92. The van der Waals surface area contributed by atoms with Gasteiger partial charge >= 0.3 is 0 Å². The Morgan fingerprint density at radius 1 is 1.15 bits per heavy atom. The van der Waals surface area contributed by atoms with Crippen LogP contribution < -0.4 is 5.32 Å². The summed E-state index contributed by atoms with van der Waals surface area (Å²) in [7, 11) is 0. The van der Waals surface area contributed by atoms with Crippen LogP contribution in [0, 0.1) is 6.92 Å². The van der Waals surface area contributed by atoms with Crippen LogP contribution in [-0.4, -0.2) is 4.98 Å². The molecule has 1 heterocycles. The van der Waals surface area contributed by atoms with Crippen molar-refractivity contribution in [2.45, 2.75) is 33.7 Å². The first kappa shape index (κ1) is 16.0. The second-order valence-electron chi connectivity index (χ2n) is 4.77. The first-order valence-corrected chi connectivity index (χ1v) is 7.06. The Kier molecular flexibility index (Phi) is 7.12. The molecule has 0 saturated carbocycles. The molecule has 0 aliphatic heterocycles. The molecule has 106 valence electrons. The molecular weight excluding hydrogens is 244 g/mol. The van der Waals surface area contributed by atoms with E-state index < -0.39 is 0 Å². The zero-order chi connectivity index (χ0) is 14.8. The van der Waals surface area contributed by atoms with Crippen molar-refractivity contribution in [2.24, 2.45) is 0 Å². The Hall–Kier alpha value is -2.09. The van der Waals surface area contributed by atoms with E-state index in [0.29, 0.717) is 0 Å². The average Bonchev–Trinajstić information content (AvgIpc) is 2.47. The van der Waals surface area contributed by atoms with Gasteiger partial charge in [0, 0.05) is 24.6 Å². The molecular formula is C18H24N2. The van der Waals surface area contributed by atoms with Crippen LogP contribution in [0.3, 0.4) is 0 Å². The molecule has 2 nitrogen and oxygen atoms in total. The van der Waals surface area contributed by atoms with Gasteiger partial charge in [0.25, 0.3) is 0 Å². The number of hydrogen-bond donors (Lipinski definition) is 1. The predicted molar refractivity (Wildman–Crippen MR) is 87.3 cm³/mol. The minimum atomic E-state index is 0.751. The van der Waals surface area contributed by atoms with Crippen LogP contribution in [0.25, 0.3) is 5.70 Å². The van der Waals surface area contributed by atoms with E-state index in [4.69, 9.17) is 0 Å². The highest BCUT2D eigenvalue weighted by Crippen LogP contribution is 2.11. The first-order valence-electron chi connectivity index (χ1n) is 7.06. The molecule has 20 heavy (non-hydrogen) atoms. The van der Waals surface area contributed by atoms with Crippen LogP contribution in [0.2, 0.25) is 0 Å². The van der Waals surface area contributed by atoms with Crippen molar-refractivity contribution in [3.05, 3.63) is 72.1 Å². The fourth-order valence-corrected chi connectivity index (χ4v) is 1.57. The lowest BCUT2D eigenvalue weighted by Crippen LogP contribution is -2.10. The molecule has 0 fully saturated rings. The number of benzene rings is 1. The van der Waals surface area contributed by atoms with Gasteiger partial charge < -0.3 is 5.32 Å². The summed E-state index contributed by atoms with van der Waals surface area (Å²) in [5.74, 6) is 0. The Bertz CT molecular complexity index is 501. The highest BCUT2D eigenvalue weighted by Gasteiger charge is 1.98. The van der Waals surface area contributed by atoms with Gasteiger partial charge in [0.1, 0.15) is 0 Å². The van der Waals surface area contributed by atoms with Gasteiger partial charge in [0.15, 0.2) is 0 Å². The molecule has 0 amide bonds. The minimum Gasteiger partial charge on any atom is -0.381 e. The molecule has 2 heteroatoms. The second-order valence-corrected chi connectivity index (χ2v) is 4.77. The topological polar surface area (TPSA) is 24.9 Å². The molecule has 0 radical (unpaired) electrons. The molecule has 0 bridgehead atoms. The molecule has 2 rings (SSSR count). The van der Waals surface area contributed by atoms with Crippen molar-refractivity contribution in [3.8, 4) is 0 Å². The molecule has 1 N–H and O–H groups in total. The van der Waals surface area contributed by atoms with E-state index in [1.807, 2.05) is 18.3 Å². The monoisotopic (exact) mass is 268 g/mol. The number of rotatable bonds is 4. The summed E-state index contributed by atoms with van der Waals surface area (Å²) in [6, 6.07) is 12.3. The van der Waals surface area contributed by atoms with Gasteiger partial charge in [-0.15, -0.1) is 0 Å². The van der Waals surface area contributed by atoms with Gasteiger partial charge in [-0.1, -0.05) is 62.7 Å². The molecule has 2 aromatic rings. The zero-order valence-electron chi connectivity index (χ0n) is 12.7. The molecule has 0 spiro atoms. The largest absolute Gasteiger partial charge is 0.381 e. The third-order valence-corrected chi connectivity index (χ3v) is 2.63. The number of aryl methyl sites for hydroxylation is 1. The fourth-order valence-electron chi connectivity index (χ4n) is 1.57. The third kappa shape index (κ3) is 5.70. The lowest BCUT2D eigenvalue weighted by atomic mass is 10.1. The smallest absolute Gasteiger partial charge is 0.0416 e. The highest BCUT2D eigenvalue weighted by atomic mass is 14.9. The summed E-state index contributed by atoms with van der Waals surface area (Å²) in [4.78, 5) is 4.08. The van der Waals surface area contributed by atoms with Crippen LogP contribution in [0.1, 0.15) is 37.0 Å². The van der Waals surface area contributed by atoms with Crippen molar-refractivity contribution < 1.29 is 0 Å². The molecule has 1 aromatic heterocycles. The maximum atomic E-state index is 4.08. The first-order chi connectivity index (χ1) is 9.67. The van der Waals surface area contributed by atoms with Crippen molar-refractivity contribution in [3.63, 3.8) is 0 Å². The summed E-state index contributed by atoms with van der Waals surface area (Å²) in [5, 5.41) is 3.30. The maximum absolute atomic E-state index is 4.08. The van der Waals surface area contributed by atoms with E-state index in [0.717, 1.165) is 23.4 Å². The van der Waals surface area contributed by atoms with Crippen molar-refractivity contribution in [1.29, 1.82) is 0 Å². The van der Waals surface area contributed by atoms with E-state index in [2.05, 4.69) is 61.9 Å². The summed E-state index contributed by atoms with van der Waals surface area (Å²) < 4.78 is 0. The molecule has 0 unspecified atom stereocenters. The van der Waals surface area contributed by atoms with Crippen LogP contribution in [0.5, 0.6) is 0 Å². The summed E-state index contributed by atoms with van der Waals surface area (Å²) in [5.41, 5.74) is 4.47. The van der Waals surface area contributed by atoms with Crippen molar-refractivity contribution >= 4 is 5.70 Å². The van der Waals surface area contributed by atoms with Gasteiger partial charge in [-0.25, -0.2) is 0 Å². The Labute approximate surface area is 122 Å². The van der Waals surface area contributed by atoms with Crippen LogP contribution >= 0.6 is 0 Å². The van der Waals surface area contributed by atoms with E-state index >= 15 is 0 Å². The lowest BCUT2D eigenvalue weighted by Gasteiger charge is -2.09. The molecule has 0 saturated heterocycles. The molecule has 0 atom stereocenters. The molecule has 1 aromatic carbocycles. The zero-order valence-corrected chi connectivity index (χ0v) is 12.7. The van der Waals surface area contributed by atoms with Gasteiger partial charge in [-0.3, -0.25) is 4.98 Å². The molecule has 0 aliphatic carbocycles. The SMILES string of the molecule is C=C(NCc1cccnc1)c1ccc(C)cc1.CCC. The summed E-state index contributed by atoms with van der Waals surface area (Å²) in [6.07, 6.45) is 4.88. The van der Waals surface area contributed by atoms with Gasteiger partial charge in [0.05, 0.1) is 0 Å². The number of aromatic nitrogens is 1. The van der Waals surface area contributed by atoms with Crippen LogP contribution in [0.15, 0.2) is 55.4 Å². The maximum Gasteiger partial charge on any atom is 0.0416 e. The van der Waals surface area contributed by atoms with Gasteiger partial charge in [-0.05, 0) is 24.1 Å². The standard InChI is InChI=1S/C15H16N2.C3H8/c1-12-5-7-15(8-6-12)13(2)17-11-14-4-3-9-16-10-14;1-3-2/h3-10,17H,2,11H2,1H3;3H2,1-2H3. The van der Waals surface area contributed by atoms with E-state index in [-0.39, 0.29) is 0 Å². The average molecular weight is 268 g/mol. The highest BCUT2D eigenvalue weighted by molar-refractivity contribution is 5.61. The van der Waals surface area contributed by atoms with Crippen molar-refractivity contribution in [1.82, 2.24) is 10.3 Å². The van der Waals surface area contributed by atoms with E-state index in [1.54, 1.807) is 6.20 Å². The van der Waals surface area contributed by atoms with Crippen LogP contribution in [0.4, 0.5) is 0 Å². The quantitative estimate of drug-likeness (QED) is 0.878. The summed E-state index contributed by atoms with van der Waals surface area (Å²) >= 11 is 0. The van der Waals surface area contributed by atoms with E-state index in [9.17, 15) is 0 Å². The third-order valence-electron chi connectivity index (χ3n) is 2.63. The summed E-state index contributed by atoms with van der Waals surface area (Å²) in [6.45, 7) is 11.1. The van der Waals surface area contributed by atoms with Crippen LogP contribution in [-0.2, 0) is 6.54 Å². The Morgan fingerprint density at radius 2 is 1.80 bits per heavy atom. The fraction of sp³-hybridized carbons (Fsp3) is 0.278. The number of pyridine rings is 1. The number of nitrogens with one attached hydrogen (secondary N) is 1. The van der Waals surface area contributed by atoms with Gasteiger partial charge in [-0.2, -0.15) is 0 Å². The number of nitrogens with zero attached hydrogens (tertiary/aromatic N) is 1. The minimum absolute atomic E-state index is 0.751. The van der Waals surface area contributed by atoms with E-state index in [1.165, 1.54) is 12.0 Å². The van der Waals surface area contributed by atoms with Gasteiger partial charge in [0.2, 0.25) is 0 Å². The Balaban J connectivity index is 0.000000612. The predicted octanol–water partition coefficient (Wildman–Crippen LogP) is 4.57. The lowest BCUT2D eigenvalue weighted by molar-refractivity contribution is 0.884. The number of hydrogen-bond acceptors (Lipinski definition) is 2. The Morgan fingerprint density at radius 3 is 2.35 bits per heavy atom.